The molecule has 0 bridgehead atoms. The molecular formula is C36H66O13. The maximum absolute atomic E-state index is 13.9. The highest BCUT2D eigenvalue weighted by molar-refractivity contribution is 6.17. The topological polar surface area (TPSA) is 239 Å². The average Bonchev–Trinajstić information content (AvgIpc) is 3.12. The number of hydrogen-bond acceptors (Lipinski definition) is 13. The molecule has 0 saturated carbocycles. The van der Waals surface area contributed by atoms with Gasteiger partial charge in [0.1, 0.15) is 24.4 Å². The Balaban J connectivity index is 6.81. The lowest BCUT2D eigenvalue weighted by molar-refractivity contribution is -0.205. The van der Waals surface area contributed by atoms with Crippen LogP contribution in [0, 0.1) is 0 Å². The fourth-order valence-corrected chi connectivity index (χ4v) is 6.11. The van der Waals surface area contributed by atoms with Crippen molar-refractivity contribution in [3.05, 3.63) is 0 Å². The van der Waals surface area contributed by atoms with E-state index in [9.17, 15) is 60.0 Å². The Morgan fingerprint density at radius 3 is 0.816 bits per heavy atom. The number of Topliss-reactive ketones (excluding diaryl/α,β-unsaturated/α-hetero) is 4. The predicted molar refractivity (Wildman–Crippen MR) is 183 cm³/mol. The molecule has 0 aliphatic heterocycles. The first-order chi connectivity index (χ1) is 23.4. The molecule has 4 atom stereocenters. The molecule has 0 saturated heterocycles. The van der Waals surface area contributed by atoms with Crippen LogP contribution in [0.15, 0.2) is 0 Å². The normalized spacial score (nSPS) is 16.7. The Morgan fingerprint density at radius 2 is 0.612 bits per heavy atom. The van der Waals surface area contributed by atoms with Crippen molar-refractivity contribution in [2.45, 2.75) is 178 Å². The van der Waals surface area contributed by atoms with E-state index in [1.54, 1.807) is 0 Å². The summed E-state index contributed by atoms with van der Waals surface area (Å²) in [5, 5.41) is 80.9. The molecule has 0 aromatic heterocycles. The molecule has 0 radical (unpaired) electrons. The Kier molecular flexibility index (Phi) is 26.1. The maximum Gasteiger partial charge on any atom is 0.203 e. The van der Waals surface area contributed by atoms with Crippen molar-refractivity contribution in [3.8, 4) is 0 Å². The number of ether oxygens (including phenoxy) is 1. The Bertz CT molecular complexity index is 809. The van der Waals surface area contributed by atoms with Gasteiger partial charge in [-0.25, -0.2) is 0 Å². The van der Waals surface area contributed by atoms with E-state index in [2.05, 4.69) is 13.8 Å². The van der Waals surface area contributed by atoms with Gasteiger partial charge in [0.15, 0.2) is 11.2 Å². The summed E-state index contributed by atoms with van der Waals surface area (Å²) in [6, 6.07) is 0. The molecule has 0 amide bonds. The standard InChI is InChI=1S/C36H66O13/c1-3-5-7-9-11-13-15-17-19-21-35(31(45)27(41)23-37,32(46)28(42)24-38)49-36(33(47)29(43)25-39,34(48)30(44)26-40)22-20-18-16-14-12-10-8-6-4-2/h27-30,37-44H,3-26H2,1-2H3. The molecule has 49 heavy (non-hydrogen) atoms. The highest BCUT2D eigenvalue weighted by Crippen LogP contribution is 2.37. The molecule has 13 heteroatoms. The van der Waals surface area contributed by atoms with Crippen LogP contribution in [0.25, 0.3) is 0 Å². The van der Waals surface area contributed by atoms with Crippen LogP contribution in [0.2, 0.25) is 0 Å². The first-order valence-corrected chi connectivity index (χ1v) is 18.4. The minimum atomic E-state index is -3.01. The summed E-state index contributed by atoms with van der Waals surface area (Å²) in [5.41, 5.74) is -6.03. The molecule has 8 N–H and O–H groups in total. The van der Waals surface area contributed by atoms with Gasteiger partial charge in [-0.3, -0.25) is 19.2 Å². The second-order valence-corrected chi connectivity index (χ2v) is 13.2. The summed E-state index contributed by atoms with van der Waals surface area (Å²) >= 11 is 0. The van der Waals surface area contributed by atoms with E-state index in [4.69, 9.17) is 4.74 Å². The second-order valence-electron chi connectivity index (χ2n) is 13.2. The van der Waals surface area contributed by atoms with Crippen molar-refractivity contribution in [3.63, 3.8) is 0 Å². The lowest BCUT2D eigenvalue weighted by atomic mass is 9.77. The van der Waals surface area contributed by atoms with Crippen LogP contribution in [0.5, 0.6) is 0 Å². The van der Waals surface area contributed by atoms with Crippen LogP contribution < -0.4 is 0 Å². The zero-order valence-electron chi connectivity index (χ0n) is 29.9. The van der Waals surface area contributed by atoms with Crippen LogP contribution in [-0.2, 0) is 23.9 Å². The van der Waals surface area contributed by atoms with E-state index in [0.717, 1.165) is 77.0 Å². The van der Waals surface area contributed by atoms with Crippen molar-refractivity contribution in [2.75, 3.05) is 26.4 Å². The van der Waals surface area contributed by atoms with Gasteiger partial charge in [0.2, 0.25) is 23.1 Å². The van der Waals surface area contributed by atoms with E-state index in [1.807, 2.05) is 0 Å². The van der Waals surface area contributed by atoms with Crippen molar-refractivity contribution >= 4 is 23.1 Å². The first kappa shape index (κ1) is 47.3. The van der Waals surface area contributed by atoms with Crippen molar-refractivity contribution in [2.24, 2.45) is 0 Å². The molecule has 0 aromatic rings. The molecule has 4 unspecified atom stereocenters. The number of carbonyl (C=O) groups is 4. The fourth-order valence-electron chi connectivity index (χ4n) is 6.11. The summed E-state index contributed by atoms with van der Waals surface area (Å²) < 4.78 is 6.03. The molecule has 0 aromatic carbocycles. The molecule has 0 rings (SSSR count). The first-order valence-electron chi connectivity index (χ1n) is 18.4. The maximum atomic E-state index is 13.9. The van der Waals surface area contributed by atoms with E-state index in [0.29, 0.717) is 25.7 Å². The van der Waals surface area contributed by atoms with Gasteiger partial charge in [0.05, 0.1) is 26.4 Å². The molecular weight excluding hydrogens is 640 g/mol. The minimum absolute atomic E-state index is 0.0460. The Labute approximate surface area is 292 Å². The van der Waals surface area contributed by atoms with Crippen LogP contribution >= 0.6 is 0 Å². The summed E-state index contributed by atoms with van der Waals surface area (Å²) in [5.74, 6) is -6.00. The third kappa shape index (κ3) is 15.6. The van der Waals surface area contributed by atoms with Gasteiger partial charge in [-0.15, -0.1) is 0 Å². The number of aliphatic hydroxyl groups excluding tert-OH is 8. The zero-order chi connectivity index (χ0) is 37.3. The molecule has 0 heterocycles. The van der Waals surface area contributed by atoms with E-state index in [-0.39, 0.29) is 12.8 Å². The van der Waals surface area contributed by atoms with Gasteiger partial charge < -0.3 is 45.6 Å². The van der Waals surface area contributed by atoms with E-state index < -0.39 is 98.0 Å². The smallest absolute Gasteiger partial charge is 0.203 e. The number of aliphatic hydroxyl groups is 8. The lowest BCUT2D eigenvalue weighted by Crippen LogP contribution is -2.67. The molecule has 13 nitrogen and oxygen atoms in total. The van der Waals surface area contributed by atoms with Gasteiger partial charge in [-0.05, 0) is 25.7 Å². The van der Waals surface area contributed by atoms with Gasteiger partial charge in [-0.1, -0.05) is 117 Å². The third-order valence-electron chi connectivity index (χ3n) is 9.11. The van der Waals surface area contributed by atoms with Crippen LogP contribution in [-0.4, -0.2) is 126 Å². The van der Waals surface area contributed by atoms with Crippen LogP contribution in [0.4, 0.5) is 0 Å². The molecule has 288 valence electrons. The largest absolute Gasteiger partial charge is 0.393 e. The average molecular weight is 707 g/mol. The van der Waals surface area contributed by atoms with Crippen molar-refractivity contribution in [1.82, 2.24) is 0 Å². The van der Waals surface area contributed by atoms with Crippen LogP contribution in [0.3, 0.4) is 0 Å². The van der Waals surface area contributed by atoms with Crippen molar-refractivity contribution < 1.29 is 64.8 Å². The SMILES string of the molecule is CCCCCCCCCCCC(OC(CCCCCCCCCCC)(C(=O)C(O)CO)C(=O)C(O)CO)(C(=O)C(O)CO)C(=O)C(O)CO. The Hall–Kier alpha value is -1.68. The third-order valence-corrected chi connectivity index (χ3v) is 9.11. The van der Waals surface area contributed by atoms with Gasteiger partial charge in [0, 0.05) is 0 Å². The molecule has 0 fully saturated rings. The molecule has 0 aliphatic carbocycles. The summed E-state index contributed by atoms with van der Waals surface area (Å²) in [6.07, 6.45) is 4.24. The predicted octanol–water partition coefficient (Wildman–Crippen LogP) is 2.01. The monoisotopic (exact) mass is 706 g/mol. The highest BCUT2D eigenvalue weighted by Gasteiger charge is 2.60. The number of ketones is 4. The summed E-state index contributed by atoms with van der Waals surface area (Å²) in [4.78, 5) is 55.4. The van der Waals surface area contributed by atoms with E-state index in [1.165, 1.54) is 0 Å². The lowest BCUT2D eigenvalue weighted by Gasteiger charge is -2.43. The number of carbonyl (C=O) groups excluding carboxylic acids is 4. The number of unbranched alkanes of at least 4 members (excludes halogenated alkanes) is 16. The molecule has 0 spiro atoms. The highest BCUT2D eigenvalue weighted by atomic mass is 16.5. The zero-order valence-corrected chi connectivity index (χ0v) is 29.9. The van der Waals surface area contributed by atoms with Crippen molar-refractivity contribution in [1.29, 1.82) is 0 Å². The summed E-state index contributed by atoms with van der Waals surface area (Å²) in [7, 11) is 0. The van der Waals surface area contributed by atoms with E-state index >= 15 is 0 Å². The second kappa shape index (κ2) is 27.0. The van der Waals surface area contributed by atoms with Gasteiger partial charge >= 0.3 is 0 Å². The van der Waals surface area contributed by atoms with Gasteiger partial charge in [-0.2, -0.15) is 0 Å². The van der Waals surface area contributed by atoms with Gasteiger partial charge in [0.25, 0.3) is 0 Å². The minimum Gasteiger partial charge on any atom is -0.393 e. The quantitative estimate of drug-likeness (QED) is 0.0353. The number of rotatable bonds is 34. The number of hydrogen-bond donors (Lipinski definition) is 8. The summed E-state index contributed by atoms with van der Waals surface area (Å²) in [6.45, 7) is -0.573. The fraction of sp³-hybridized carbons (Fsp3) is 0.889. The Morgan fingerprint density at radius 1 is 0.408 bits per heavy atom. The molecule has 0 aliphatic rings. The van der Waals surface area contributed by atoms with Crippen LogP contribution in [0.1, 0.15) is 142 Å².